The van der Waals surface area contributed by atoms with E-state index < -0.39 is 5.97 Å². The summed E-state index contributed by atoms with van der Waals surface area (Å²) in [6.07, 6.45) is 1.40. The highest BCUT2D eigenvalue weighted by molar-refractivity contribution is 7.99. The molecule has 0 aliphatic heterocycles. The van der Waals surface area contributed by atoms with Crippen molar-refractivity contribution in [3.63, 3.8) is 0 Å². The van der Waals surface area contributed by atoms with E-state index in [0.717, 1.165) is 0 Å². The van der Waals surface area contributed by atoms with Crippen LogP contribution in [0, 0.1) is 0 Å². The fourth-order valence-corrected chi connectivity index (χ4v) is 2.45. The smallest absolute Gasteiger partial charge is 0.356 e. The number of nitrogens with one attached hydrogen (secondary N) is 1. The van der Waals surface area contributed by atoms with Gasteiger partial charge in [-0.2, -0.15) is 0 Å². The Bertz CT molecular complexity index is 669. The summed E-state index contributed by atoms with van der Waals surface area (Å²) in [5.74, 6) is 0.348. The van der Waals surface area contributed by atoms with Gasteiger partial charge in [0.1, 0.15) is 11.4 Å². The number of carbonyl (C=O) groups excluding carboxylic acids is 2. The van der Waals surface area contributed by atoms with Crippen molar-refractivity contribution in [2.24, 2.45) is 0 Å². The van der Waals surface area contributed by atoms with Crippen molar-refractivity contribution in [3.8, 4) is 5.75 Å². The average Bonchev–Trinajstić information content (AvgIpc) is 3.02. The van der Waals surface area contributed by atoms with E-state index in [2.05, 4.69) is 9.97 Å². The summed E-state index contributed by atoms with van der Waals surface area (Å²) in [4.78, 5) is 30.5. The van der Waals surface area contributed by atoms with Crippen LogP contribution in [-0.4, -0.2) is 41.2 Å². The summed E-state index contributed by atoms with van der Waals surface area (Å²) < 4.78 is 9.95. The van der Waals surface area contributed by atoms with E-state index in [1.54, 1.807) is 38.3 Å². The van der Waals surface area contributed by atoms with Crippen molar-refractivity contribution in [1.82, 2.24) is 9.97 Å². The third-order valence-corrected chi connectivity index (χ3v) is 3.67. The molecule has 2 rings (SSSR count). The average molecular weight is 320 g/mol. The lowest BCUT2D eigenvalue weighted by Gasteiger charge is -2.03. The van der Waals surface area contributed by atoms with E-state index in [-0.39, 0.29) is 17.2 Å². The van der Waals surface area contributed by atoms with E-state index in [9.17, 15) is 9.59 Å². The van der Waals surface area contributed by atoms with Gasteiger partial charge < -0.3 is 14.5 Å². The number of thioether (sulfide) groups is 1. The second kappa shape index (κ2) is 7.65. The molecule has 1 aromatic carbocycles. The third-order valence-electron chi connectivity index (χ3n) is 2.78. The first-order chi connectivity index (χ1) is 10.6. The lowest BCUT2D eigenvalue weighted by molar-refractivity contribution is 0.0519. The molecule has 0 amide bonds. The van der Waals surface area contributed by atoms with Gasteiger partial charge in [0.25, 0.3) is 0 Å². The zero-order chi connectivity index (χ0) is 15.9. The molecule has 1 heterocycles. The molecule has 0 radical (unpaired) electrons. The molecule has 1 N–H and O–H groups in total. The molecule has 0 atom stereocenters. The van der Waals surface area contributed by atoms with Crippen LogP contribution >= 0.6 is 11.8 Å². The van der Waals surface area contributed by atoms with Crippen molar-refractivity contribution in [2.45, 2.75) is 12.1 Å². The van der Waals surface area contributed by atoms with E-state index >= 15 is 0 Å². The van der Waals surface area contributed by atoms with Crippen LogP contribution < -0.4 is 4.74 Å². The van der Waals surface area contributed by atoms with Crippen LogP contribution in [0.1, 0.15) is 27.8 Å². The predicted octanol–water partition coefficient (Wildman–Crippen LogP) is 2.57. The highest BCUT2D eigenvalue weighted by atomic mass is 32.2. The molecule has 0 unspecified atom stereocenters. The van der Waals surface area contributed by atoms with Crippen molar-refractivity contribution < 1.29 is 19.1 Å². The number of hydrogen-bond acceptors (Lipinski definition) is 6. The molecule has 0 saturated heterocycles. The molecule has 0 saturated carbocycles. The first-order valence-corrected chi connectivity index (χ1v) is 7.64. The minimum absolute atomic E-state index is 0.0435. The maximum Gasteiger partial charge on any atom is 0.356 e. The fourth-order valence-electron chi connectivity index (χ4n) is 1.70. The number of esters is 1. The summed E-state index contributed by atoms with van der Waals surface area (Å²) >= 11 is 1.23. The number of imidazole rings is 1. The number of nitrogens with zero attached hydrogens (tertiary/aromatic N) is 1. The molecule has 0 aliphatic carbocycles. The number of rotatable bonds is 7. The Morgan fingerprint density at radius 1 is 1.36 bits per heavy atom. The monoisotopic (exact) mass is 320 g/mol. The SMILES string of the molecule is CCOC(=O)c1cnc(SCC(=O)c2cccc(OC)c2)[nH]1. The summed E-state index contributed by atoms with van der Waals surface area (Å²) in [7, 11) is 1.55. The van der Waals surface area contributed by atoms with Gasteiger partial charge in [0, 0.05) is 5.56 Å². The Morgan fingerprint density at radius 2 is 2.18 bits per heavy atom. The van der Waals surface area contributed by atoms with E-state index in [1.165, 1.54) is 18.0 Å². The number of hydrogen-bond donors (Lipinski definition) is 1. The fraction of sp³-hybridized carbons (Fsp3) is 0.267. The molecule has 0 fully saturated rings. The largest absolute Gasteiger partial charge is 0.497 e. The zero-order valence-corrected chi connectivity index (χ0v) is 13.1. The molecule has 7 heteroatoms. The van der Waals surface area contributed by atoms with Gasteiger partial charge in [-0.15, -0.1) is 0 Å². The lowest BCUT2D eigenvalue weighted by atomic mass is 10.1. The van der Waals surface area contributed by atoms with E-state index in [1.807, 2.05) is 0 Å². The number of benzene rings is 1. The molecule has 6 nitrogen and oxygen atoms in total. The summed E-state index contributed by atoms with van der Waals surface area (Å²) in [5.41, 5.74) is 0.849. The molecule has 0 spiro atoms. The van der Waals surface area contributed by atoms with E-state index in [0.29, 0.717) is 23.1 Å². The maximum absolute atomic E-state index is 12.1. The number of ketones is 1. The molecule has 22 heavy (non-hydrogen) atoms. The highest BCUT2D eigenvalue weighted by Gasteiger charge is 2.13. The van der Waals surface area contributed by atoms with Gasteiger partial charge in [-0.3, -0.25) is 4.79 Å². The van der Waals surface area contributed by atoms with Gasteiger partial charge in [0.2, 0.25) is 0 Å². The second-order valence-corrected chi connectivity index (χ2v) is 5.23. The van der Waals surface area contributed by atoms with Gasteiger partial charge >= 0.3 is 5.97 Å². The van der Waals surface area contributed by atoms with Gasteiger partial charge in [-0.05, 0) is 19.1 Å². The number of ether oxygens (including phenoxy) is 2. The third kappa shape index (κ3) is 4.11. The van der Waals surface area contributed by atoms with Gasteiger partial charge in [0.15, 0.2) is 10.9 Å². The van der Waals surface area contributed by atoms with Crippen LogP contribution in [0.3, 0.4) is 0 Å². The Morgan fingerprint density at radius 3 is 2.91 bits per heavy atom. The summed E-state index contributed by atoms with van der Waals surface area (Å²) in [5, 5.41) is 0.499. The Labute approximate surface area is 132 Å². The molecule has 1 aromatic heterocycles. The van der Waals surface area contributed by atoms with Crippen LogP contribution in [0.4, 0.5) is 0 Å². The normalized spacial score (nSPS) is 10.3. The molecule has 0 bridgehead atoms. The molecule has 116 valence electrons. The van der Waals surface area contributed by atoms with Crippen molar-refractivity contribution in [2.75, 3.05) is 19.5 Å². The highest BCUT2D eigenvalue weighted by Crippen LogP contribution is 2.18. The Hall–Kier alpha value is -2.28. The minimum Gasteiger partial charge on any atom is -0.497 e. The first-order valence-electron chi connectivity index (χ1n) is 6.66. The number of aromatic nitrogens is 2. The zero-order valence-electron chi connectivity index (χ0n) is 12.3. The quantitative estimate of drug-likeness (QED) is 0.480. The number of aromatic amines is 1. The van der Waals surface area contributed by atoms with Crippen LogP contribution in [0.15, 0.2) is 35.6 Å². The van der Waals surface area contributed by atoms with Crippen molar-refractivity contribution in [3.05, 3.63) is 41.7 Å². The van der Waals surface area contributed by atoms with Crippen molar-refractivity contribution in [1.29, 1.82) is 0 Å². The molecular formula is C15H16N2O4S. The summed E-state index contributed by atoms with van der Waals surface area (Å²) in [6.45, 7) is 2.03. The second-order valence-electron chi connectivity index (χ2n) is 4.27. The molecule has 0 aliphatic rings. The number of methoxy groups -OCH3 is 1. The molecule has 2 aromatic rings. The van der Waals surface area contributed by atoms with Gasteiger partial charge in [-0.1, -0.05) is 23.9 Å². The first kappa shape index (κ1) is 16.1. The van der Waals surface area contributed by atoms with Crippen LogP contribution in [-0.2, 0) is 4.74 Å². The lowest BCUT2D eigenvalue weighted by Crippen LogP contribution is -2.05. The Kier molecular flexibility index (Phi) is 5.60. The maximum atomic E-state index is 12.1. The number of carbonyl (C=O) groups is 2. The summed E-state index contributed by atoms with van der Waals surface area (Å²) in [6, 6.07) is 6.97. The van der Waals surface area contributed by atoms with Crippen LogP contribution in [0.2, 0.25) is 0 Å². The number of Topliss-reactive ketones (excluding diaryl/α,β-unsaturated/α-hetero) is 1. The molecular weight excluding hydrogens is 304 g/mol. The van der Waals surface area contributed by atoms with Crippen molar-refractivity contribution >= 4 is 23.5 Å². The van der Waals surface area contributed by atoms with Crippen LogP contribution in [0.25, 0.3) is 0 Å². The van der Waals surface area contributed by atoms with Gasteiger partial charge in [0.05, 0.1) is 25.7 Å². The topological polar surface area (TPSA) is 81.3 Å². The predicted molar refractivity (Wildman–Crippen MR) is 82.6 cm³/mol. The van der Waals surface area contributed by atoms with Gasteiger partial charge in [-0.25, -0.2) is 9.78 Å². The van der Waals surface area contributed by atoms with Crippen LogP contribution in [0.5, 0.6) is 5.75 Å². The minimum atomic E-state index is -0.457. The van der Waals surface area contributed by atoms with E-state index in [4.69, 9.17) is 9.47 Å². The number of H-pyrrole nitrogens is 1. The Balaban J connectivity index is 1.95. The standard InChI is InChI=1S/C15H16N2O4S/c1-3-21-14(19)12-8-16-15(17-12)22-9-13(18)10-5-4-6-11(7-10)20-2/h4-8H,3,9H2,1-2H3,(H,16,17).